The summed E-state index contributed by atoms with van der Waals surface area (Å²) in [7, 11) is -1.83. The van der Waals surface area contributed by atoms with Crippen LogP contribution in [0.2, 0.25) is 0 Å². The molecule has 0 amide bonds. The van der Waals surface area contributed by atoms with Gasteiger partial charge in [-0.2, -0.15) is 4.31 Å². The molecule has 0 atom stereocenters. The Morgan fingerprint density at radius 1 is 1.04 bits per heavy atom. The van der Waals surface area contributed by atoms with Gasteiger partial charge in [0.25, 0.3) is 0 Å². The minimum atomic E-state index is -3.47. The maximum atomic E-state index is 12.6. The zero-order valence-electron chi connectivity index (χ0n) is 12.9. The Morgan fingerprint density at radius 3 is 2.43 bits per heavy atom. The predicted molar refractivity (Wildman–Crippen MR) is 88.2 cm³/mol. The second kappa shape index (κ2) is 6.55. The molecule has 1 aliphatic heterocycles. The summed E-state index contributed by atoms with van der Waals surface area (Å²) in [5.74, 6) is 0.802. The number of aromatic nitrogens is 1. The third-order valence-corrected chi connectivity index (χ3v) is 5.82. The van der Waals surface area contributed by atoms with E-state index in [-0.39, 0.29) is 4.90 Å². The Bertz CT molecular complexity index is 757. The number of para-hydroxylation sites is 2. The second-order valence-electron chi connectivity index (χ2n) is 5.25. The van der Waals surface area contributed by atoms with Gasteiger partial charge in [0.1, 0.15) is 10.6 Å². The highest BCUT2D eigenvalue weighted by molar-refractivity contribution is 7.89. The molecule has 1 aliphatic rings. The molecule has 2 heterocycles. The van der Waals surface area contributed by atoms with Gasteiger partial charge in [0.2, 0.25) is 10.0 Å². The molecule has 3 rings (SSSR count). The molecule has 0 unspecified atom stereocenters. The molecule has 23 heavy (non-hydrogen) atoms. The first kappa shape index (κ1) is 15.8. The van der Waals surface area contributed by atoms with Gasteiger partial charge in [0.05, 0.1) is 12.8 Å². The summed E-state index contributed by atoms with van der Waals surface area (Å²) in [6.07, 6.45) is 2.96. The van der Waals surface area contributed by atoms with Crippen LogP contribution in [0, 0.1) is 0 Å². The Morgan fingerprint density at radius 2 is 1.78 bits per heavy atom. The number of sulfonamides is 1. The molecular formula is C16H19N3O3S. The van der Waals surface area contributed by atoms with Crippen molar-refractivity contribution in [2.75, 3.05) is 38.2 Å². The number of hydrogen-bond donors (Lipinski definition) is 0. The van der Waals surface area contributed by atoms with E-state index >= 15 is 0 Å². The molecular weight excluding hydrogens is 314 g/mol. The smallest absolute Gasteiger partial charge is 0.244 e. The maximum absolute atomic E-state index is 12.6. The molecule has 1 aromatic heterocycles. The molecule has 0 saturated carbocycles. The standard InChI is InChI=1S/C16H19N3O3S/c1-22-16-7-3-2-6-15(16)18-9-11-19(12-10-18)23(20,21)14-5-4-8-17-13-14/h2-8,13H,9-12H2,1H3. The first-order chi connectivity index (χ1) is 11.1. The molecule has 0 aliphatic carbocycles. The fourth-order valence-electron chi connectivity index (χ4n) is 2.71. The van der Waals surface area contributed by atoms with Gasteiger partial charge in [-0.15, -0.1) is 0 Å². The molecule has 0 bridgehead atoms. The van der Waals surface area contributed by atoms with Crippen molar-refractivity contribution >= 4 is 15.7 Å². The van der Waals surface area contributed by atoms with Crippen LogP contribution in [0.15, 0.2) is 53.7 Å². The van der Waals surface area contributed by atoms with E-state index in [1.54, 1.807) is 25.4 Å². The normalized spacial score (nSPS) is 16.3. The Hall–Kier alpha value is -2.12. The topological polar surface area (TPSA) is 62.7 Å². The SMILES string of the molecule is COc1ccccc1N1CCN(S(=O)(=O)c2cccnc2)CC1. The van der Waals surface area contributed by atoms with E-state index in [0.29, 0.717) is 26.2 Å². The van der Waals surface area contributed by atoms with Crippen LogP contribution in [0.3, 0.4) is 0 Å². The lowest BCUT2D eigenvalue weighted by atomic mass is 10.2. The van der Waals surface area contributed by atoms with Crippen molar-refractivity contribution in [3.8, 4) is 5.75 Å². The van der Waals surface area contributed by atoms with Crippen molar-refractivity contribution < 1.29 is 13.2 Å². The quantitative estimate of drug-likeness (QED) is 0.850. The Balaban J connectivity index is 1.74. The lowest BCUT2D eigenvalue weighted by Gasteiger charge is -2.35. The van der Waals surface area contributed by atoms with E-state index in [2.05, 4.69) is 9.88 Å². The Kier molecular flexibility index (Phi) is 4.49. The number of piperazine rings is 1. The summed E-state index contributed by atoms with van der Waals surface area (Å²) in [6.45, 7) is 2.13. The van der Waals surface area contributed by atoms with Crippen molar-refractivity contribution in [3.63, 3.8) is 0 Å². The van der Waals surface area contributed by atoms with Gasteiger partial charge < -0.3 is 9.64 Å². The number of ether oxygens (including phenoxy) is 1. The minimum absolute atomic E-state index is 0.241. The van der Waals surface area contributed by atoms with E-state index in [0.717, 1.165) is 11.4 Å². The number of nitrogens with zero attached hydrogens (tertiary/aromatic N) is 3. The van der Waals surface area contributed by atoms with Gasteiger partial charge in [-0.3, -0.25) is 4.98 Å². The number of pyridine rings is 1. The average Bonchev–Trinajstić information content (AvgIpc) is 2.62. The zero-order chi connectivity index (χ0) is 16.3. The third-order valence-electron chi connectivity index (χ3n) is 3.94. The van der Waals surface area contributed by atoms with Crippen LogP contribution in [0.25, 0.3) is 0 Å². The van der Waals surface area contributed by atoms with Crippen LogP contribution in [-0.2, 0) is 10.0 Å². The number of hydrogen-bond acceptors (Lipinski definition) is 5. The van der Waals surface area contributed by atoms with E-state index in [1.165, 1.54) is 10.5 Å². The summed E-state index contributed by atoms with van der Waals surface area (Å²) in [5.41, 5.74) is 0.994. The molecule has 0 radical (unpaired) electrons. The van der Waals surface area contributed by atoms with E-state index in [9.17, 15) is 8.42 Å². The largest absolute Gasteiger partial charge is 0.495 e. The summed E-state index contributed by atoms with van der Waals surface area (Å²) in [5, 5.41) is 0. The highest BCUT2D eigenvalue weighted by Crippen LogP contribution is 2.29. The maximum Gasteiger partial charge on any atom is 0.244 e. The van der Waals surface area contributed by atoms with Crippen molar-refractivity contribution in [2.45, 2.75) is 4.90 Å². The fraction of sp³-hybridized carbons (Fsp3) is 0.312. The molecule has 0 spiro atoms. The molecule has 1 fully saturated rings. The summed E-state index contributed by atoms with van der Waals surface area (Å²) < 4.78 is 32.1. The van der Waals surface area contributed by atoms with E-state index in [1.807, 2.05) is 24.3 Å². The van der Waals surface area contributed by atoms with Crippen LogP contribution in [-0.4, -0.2) is 51.0 Å². The Labute approximate surface area is 136 Å². The van der Waals surface area contributed by atoms with Gasteiger partial charge in [-0.05, 0) is 24.3 Å². The zero-order valence-corrected chi connectivity index (χ0v) is 13.7. The lowest BCUT2D eigenvalue weighted by molar-refractivity contribution is 0.378. The van der Waals surface area contributed by atoms with Crippen LogP contribution in [0.4, 0.5) is 5.69 Å². The summed E-state index contributed by atoms with van der Waals surface area (Å²) in [4.78, 5) is 6.29. The average molecular weight is 333 g/mol. The highest BCUT2D eigenvalue weighted by Gasteiger charge is 2.29. The molecule has 7 heteroatoms. The van der Waals surface area contributed by atoms with E-state index < -0.39 is 10.0 Å². The summed E-state index contributed by atoms with van der Waals surface area (Å²) >= 11 is 0. The van der Waals surface area contributed by atoms with Gasteiger partial charge in [-0.25, -0.2) is 8.42 Å². The monoisotopic (exact) mass is 333 g/mol. The van der Waals surface area contributed by atoms with Crippen LogP contribution in [0.1, 0.15) is 0 Å². The molecule has 122 valence electrons. The second-order valence-corrected chi connectivity index (χ2v) is 7.19. The van der Waals surface area contributed by atoms with Gasteiger partial charge >= 0.3 is 0 Å². The molecule has 2 aromatic rings. The number of rotatable bonds is 4. The highest BCUT2D eigenvalue weighted by atomic mass is 32.2. The molecule has 0 N–H and O–H groups in total. The minimum Gasteiger partial charge on any atom is -0.495 e. The van der Waals surface area contributed by atoms with E-state index in [4.69, 9.17) is 4.74 Å². The third kappa shape index (κ3) is 3.16. The number of anilines is 1. The first-order valence-electron chi connectivity index (χ1n) is 7.41. The van der Waals surface area contributed by atoms with Gasteiger partial charge in [-0.1, -0.05) is 12.1 Å². The van der Waals surface area contributed by atoms with Gasteiger partial charge in [0.15, 0.2) is 0 Å². The van der Waals surface area contributed by atoms with Crippen molar-refractivity contribution in [1.29, 1.82) is 0 Å². The van der Waals surface area contributed by atoms with Crippen molar-refractivity contribution in [1.82, 2.24) is 9.29 Å². The number of methoxy groups -OCH3 is 1. The fourth-order valence-corrected chi connectivity index (χ4v) is 4.10. The lowest BCUT2D eigenvalue weighted by Crippen LogP contribution is -2.48. The molecule has 6 nitrogen and oxygen atoms in total. The van der Waals surface area contributed by atoms with Crippen LogP contribution in [0.5, 0.6) is 5.75 Å². The first-order valence-corrected chi connectivity index (χ1v) is 8.85. The van der Waals surface area contributed by atoms with Crippen molar-refractivity contribution in [2.24, 2.45) is 0 Å². The van der Waals surface area contributed by atoms with Crippen LogP contribution >= 0.6 is 0 Å². The summed E-state index contributed by atoms with van der Waals surface area (Å²) in [6, 6.07) is 11.0. The predicted octanol–water partition coefficient (Wildman–Crippen LogP) is 1.60. The number of benzene rings is 1. The van der Waals surface area contributed by atoms with Gasteiger partial charge in [0, 0.05) is 38.6 Å². The molecule has 1 aromatic carbocycles. The van der Waals surface area contributed by atoms with Crippen LogP contribution < -0.4 is 9.64 Å². The molecule has 1 saturated heterocycles. The van der Waals surface area contributed by atoms with Crippen molar-refractivity contribution in [3.05, 3.63) is 48.8 Å².